The Morgan fingerprint density at radius 2 is 1.85 bits per heavy atom. The van der Waals surface area contributed by atoms with Crippen molar-refractivity contribution in [2.45, 2.75) is 39.0 Å². The maximum atomic E-state index is 5.90. The van der Waals surface area contributed by atoms with Gasteiger partial charge in [-0.1, -0.05) is 12.1 Å². The number of nitrogens with zero attached hydrogens (tertiary/aromatic N) is 1. The highest BCUT2D eigenvalue weighted by atomic mass is 16.5. The van der Waals surface area contributed by atoms with E-state index in [2.05, 4.69) is 42.3 Å². The molecular weight excluding hydrogens is 248 g/mol. The maximum Gasteiger partial charge on any atom is 0.123 e. The van der Waals surface area contributed by atoms with Gasteiger partial charge in [-0.05, 0) is 48.7 Å². The van der Waals surface area contributed by atoms with E-state index in [1.165, 1.54) is 16.7 Å². The molecule has 2 heterocycles. The van der Waals surface area contributed by atoms with E-state index in [1.54, 1.807) is 0 Å². The second kappa shape index (κ2) is 5.25. The molecule has 0 fully saturated rings. The van der Waals surface area contributed by atoms with Gasteiger partial charge in [0.1, 0.15) is 11.4 Å². The van der Waals surface area contributed by atoms with Crippen molar-refractivity contribution in [1.82, 2.24) is 10.3 Å². The summed E-state index contributed by atoms with van der Waals surface area (Å²) in [5.74, 6) is 1.04. The molecule has 3 nitrogen and oxygen atoms in total. The fraction of sp³-hybridized carbons (Fsp3) is 0.353. The Morgan fingerprint density at radius 1 is 1.10 bits per heavy atom. The molecule has 0 spiro atoms. The van der Waals surface area contributed by atoms with Crippen molar-refractivity contribution >= 4 is 0 Å². The molecule has 0 radical (unpaired) electrons. The molecule has 0 amide bonds. The Balaban J connectivity index is 1.60. The van der Waals surface area contributed by atoms with Gasteiger partial charge in [0.2, 0.25) is 0 Å². The fourth-order valence-electron chi connectivity index (χ4n) is 2.62. The van der Waals surface area contributed by atoms with Crippen LogP contribution in [-0.2, 0) is 19.5 Å². The number of ether oxygens (including phenoxy) is 1. The van der Waals surface area contributed by atoms with Crippen LogP contribution in [0.1, 0.15) is 30.5 Å². The standard InChI is InChI=1S/C17H20N2O/c1-17(2)10-15-9-14(3-4-16(15)20-17)12-19-11-13-5-7-18-8-6-13/h3-9,19H,10-12H2,1-2H3. The van der Waals surface area contributed by atoms with Gasteiger partial charge >= 0.3 is 0 Å². The molecule has 1 aromatic heterocycles. The molecule has 20 heavy (non-hydrogen) atoms. The van der Waals surface area contributed by atoms with Gasteiger partial charge in [0.15, 0.2) is 0 Å². The van der Waals surface area contributed by atoms with Gasteiger partial charge in [0.05, 0.1) is 0 Å². The third kappa shape index (κ3) is 2.99. The molecule has 1 aromatic carbocycles. The van der Waals surface area contributed by atoms with E-state index in [0.717, 1.165) is 25.3 Å². The van der Waals surface area contributed by atoms with Crippen LogP contribution in [0.3, 0.4) is 0 Å². The molecule has 3 heteroatoms. The molecule has 2 aromatic rings. The van der Waals surface area contributed by atoms with Crippen LogP contribution in [0.15, 0.2) is 42.7 Å². The largest absolute Gasteiger partial charge is 0.487 e. The summed E-state index contributed by atoms with van der Waals surface area (Å²) in [4.78, 5) is 4.02. The average molecular weight is 268 g/mol. The minimum Gasteiger partial charge on any atom is -0.487 e. The second-order valence-corrected chi connectivity index (χ2v) is 5.94. The molecule has 0 atom stereocenters. The summed E-state index contributed by atoms with van der Waals surface area (Å²) >= 11 is 0. The highest BCUT2D eigenvalue weighted by Crippen LogP contribution is 2.35. The Labute approximate surface area is 120 Å². The first-order chi connectivity index (χ1) is 9.62. The van der Waals surface area contributed by atoms with Gasteiger partial charge in [0, 0.05) is 31.9 Å². The van der Waals surface area contributed by atoms with Crippen LogP contribution in [0.4, 0.5) is 0 Å². The van der Waals surface area contributed by atoms with E-state index in [9.17, 15) is 0 Å². The lowest BCUT2D eigenvalue weighted by atomic mass is 10.0. The topological polar surface area (TPSA) is 34.2 Å². The molecule has 104 valence electrons. The Morgan fingerprint density at radius 3 is 2.65 bits per heavy atom. The first-order valence-corrected chi connectivity index (χ1v) is 7.03. The lowest BCUT2D eigenvalue weighted by molar-refractivity contribution is 0.138. The number of benzene rings is 1. The predicted octanol–water partition coefficient (Wildman–Crippen LogP) is 3.08. The minimum atomic E-state index is -0.0641. The zero-order valence-corrected chi connectivity index (χ0v) is 12.0. The van der Waals surface area contributed by atoms with Gasteiger partial charge in [-0.15, -0.1) is 0 Å². The van der Waals surface area contributed by atoms with E-state index in [1.807, 2.05) is 24.5 Å². The fourth-order valence-corrected chi connectivity index (χ4v) is 2.62. The number of nitrogens with one attached hydrogen (secondary N) is 1. The Kier molecular flexibility index (Phi) is 3.45. The van der Waals surface area contributed by atoms with Crippen LogP contribution >= 0.6 is 0 Å². The molecule has 0 aliphatic carbocycles. The lowest BCUT2D eigenvalue weighted by Gasteiger charge is -2.16. The molecule has 1 aliphatic rings. The number of fused-ring (bicyclic) bond motifs is 1. The van der Waals surface area contributed by atoms with Crippen molar-refractivity contribution in [3.05, 3.63) is 59.4 Å². The van der Waals surface area contributed by atoms with E-state index >= 15 is 0 Å². The number of aromatic nitrogens is 1. The number of pyridine rings is 1. The van der Waals surface area contributed by atoms with Crippen molar-refractivity contribution in [2.24, 2.45) is 0 Å². The van der Waals surface area contributed by atoms with Gasteiger partial charge < -0.3 is 10.1 Å². The SMILES string of the molecule is CC1(C)Cc2cc(CNCc3ccncc3)ccc2O1. The van der Waals surface area contributed by atoms with Crippen LogP contribution < -0.4 is 10.1 Å². The van der Waals surface area contributed by atoms with Crippen molar-refractivity contribution in [2.75, 3.05) is 0 Å². The predicted molar refractivity (Wildman–Crippen MR) is 79.6 cm³/mol. The molecule has 3 rings (SSSR count). The molecular formula is C17H20N2O. The molecule has 1 N–H and O–H groups in total. The summed E-state index contributed by atoms with van der Waals surface area (Å²) in [5, 5.41) is 3.46. The van der Waals surface area contributed by atoms with Gasteiger partial charge in [-0.3, -0.25) is 4.98 Å². The van der Waals surface area contributed by atoms with Crippen molar-refractivity contribution < 1.29 is 4.74 Å². The Hall–Kier alpha value is -1.87. The summed E-state index contributed by atoms with van der Waals surface area (Å²) in [6, 6.07) is 10.6. The van der Waals surface area contributed by atoms with Crippen molar-refractivity contribution in [3.8, 4) is 5.75 Å². The van der Waals surface area contributed by atoms with E-state index in [0.29, 0.717) is 0 Å². The summed E-state index contributed by atoms with van der Waals surface area (Å²) in [6.45, 7) is 6.00. The zero-order chi connectivity index (χ0) is 14.0. The van der Waals surface area contributed by atoms with Crippen LogP contribution in [0.25, 0.3) is 0 Å². The molecule has 0 saturated carbocycles. The molecule has 0 unspecified atom stereocenters. The highest BCUT2D eigenvalue weighted by molar-refractivity contribution is 5.41. The summed E-state index contributed by atoms with van der Waals surface area (Å²) in [6.07, 6.45) is 4.64. The van der Waals surface area contributed by atoms with Crippen LogP contribution in [0, 0.1) is 0 Å². The Bertz CT molecular complexity index is 593. The number of hydrogen-bond acceptors (Lipinski definition) is 3. The van der Waals surface area contributed by atoms with Crippen LogP contribution in [-0.4, -0.2) is 10.6 Å². The third-order valence-electron chi connectivity index (χ3n) is 3.53. The zero-order valence-electron chi connectivity index (χ0n) is 12.0. The number of rotatable bonds is 4. The summed E-state index contributed by atoms with van der Waals surface area (Å²) in [7, 11) is 0. The smallest absolute Gasteiger partial charge is 0.123 e. The lowest BCUT2D eigenvalue weighted by Crippen LogP contribution is -2.24. The molecule has 1 aliphatic heterocycles. The summed E-state index contributed by atoms with van der Waals surface area (Å²) < 4.78 is 5.90. The third-order valence-corrected chi connectivity index (χ3v) is 3.53. The van der Waals surface area contributed by atoms with Gasteiger partial charge in [-0.2, -0.15) is 0 Å². The second-order valence-electron chi connectivity index (χ2n) is 5.94. The normalized spacial score (nSPS) is 15.7. The molecule has 0 bridgehead atoms. The van der Waals surface area contributed by atoms with Crippen LogP contribution in [0.5, 0.6) is 5.75 Å². The van der Waals surface area contributed by atoms with Gasteiger partial charge in [0.25, 0.3) is 0 Å². The maximum absolute atomic E-state index is 5.90. The average Bonchev–Trinajstić information content (AvgIpc) is 2.73. The molecule has 0 saturated heterocycles. The first-order valence-electron chi connectivity index (χ1n) is 7.03. The van der Waals surface area contributed by atoms with Gasteiger partial charge in [-0.25, -0.2) is 0 Å². The minimum absolute atomic E-state index is 0.0641. The summed E-state index contributed by atoms with van der Waals surface area (Å²) in [5.41, 5.74) is 3.81. The first kappa shape index (κ1) is 13.1. The highest BCUT2D eigenvalue weighted by Gasteiger charge is 2.29. The van der Waals surface area contributed by atoms with Crippen molar-refractivity contribution in [3.63, 3.8) is 0 Å². The number of hydrogen-bond donors (Lipinski definition) is 1. The monoisotopic (exact) mass is 268 g/mol. The quantitative estimate of drug-likeness (QED) is 0.925. The van der Waals surface area contributed by atoms with Crippen LogP contribution in [0.2, 0.25) is 0 Å². The van der Waals surface area contributed by atoms with E-state index in [-0.39, 0.29) is 5.60 Å². The van der Waals surface area contributed by atoms with E-state index < -0.39 is 0 Å². The van der Waals surface area contributed by atoms with Crippen molar-refractivity contribution in [1.29, 1.82) is 0 Å². The van der Waals surface area contributed by atoms with E-state index in [4.69, 9.17) is 4.74 Å².